The molecule has 0 aliphatic rings. The van der Waals surface area contributed by atoms with Gasteiger partial charge in [-0.2, -0.15) is 0 Å². The van der Waals surface area contributed by atoms with Crippen LogP contribution in [0.25, 0.3) is 11.0 Å². The number of amides is 1. The van der Waals surface area contributed by atoms with Crippen LogP contribution in [-0.2, 0) is 16.0 Å². The van der Waals surface area contributed by atoms with Crippen molar-refractivity contribution in [3.8, 4) is 5.75 Å². The molecule has 0 saturated heterocycles. The molecule has 2 N–H and O–H groups in total. The molecule has 0 radical (unpaired) electrons. The van der Waals surface area contributed by atoms with Gasteiger partial charge in [0.1, 0.15) is 17.9 Å². The van der Waals surface area contributed by atoms with Crippen LogP contribution in [0.2, 0.25) is 0 Å². The summed E-state index contributed by atoms with van der Waals surface area (Å²) in [6.07, 6.45) is 1.55. The van der Waals surface area contributed by atoms with Gasteiger partial charge in [-0.3, -0.25) is 4.79 Å². The van der Waals surface area contributed by atoms with Crippen LogP contribution in [-0.4, -0.2) is 29.1 Å². The number of furan rings is 1. The van der Waals surface area contributed by atoms with E-state index in [1.165, 1.54) is 13.2 Å². The smallest absolute Gasteiger partial charge is 0.332 e. The second kappa shape index (κ2) is 7.53. The molecular formula is C21H21NO5. The van der Waals surface area contributed by atoms with E-state index in [0.29, 0.717) is 16.9 Å². The van der Waals surface area contributed by atoms with Crippen molar-refractivity contribution >= 4 is 22.8 Å². The minimum atomic E-state index is -1.55. The van der Waals surface area contributed by atoms with Crippen LogP contribution in [0.3, 0.4) is 0 Å². The number of benzene rings is 2. The Morgan fingerprint density at radius 2 is 1.93 bits per heavy atom. The van der Waals surface area contributed by atoms with Gasteiger partial charge in [0.2, 0.25) is 5.91 Å². The first kappa shape index (κ1) is 18.5. The van der Waals surface area contributed by atoms with E-state index in [4.69, 9.17) is 9.15 Å². The third kappa shape index (κ3) is 4.28. The maximum Gasteiger partial charge on any atom is 0.332 e. The Balaban J connectivity index is 1.69. The van der Waals surface area contributed by atoms with E-state index in [0.717, 1.165) is 10.9 Å². The molecule has 140 valence electrons. The fourth-order valence-corrected chi connectivity index (χ4v) is 2.75. The van der Waals surface area contributed by atoms with Crippen molar-refractivity contribution in [3.05, 3.63) is 65.9 Å². The summed E-state index contributed by atoms with van der Waals surface area (Å²) in [6.45, 7) is 3.19. The lowest BCUT2D eigenvalue weighted by Gasteiger charge is -2.26. The first-order chi connectivity index (χ1) is 12.9. The molecule has 0 aliphatic carbocycles. The zero-order valence-electron chi connectivity index (χ0n) is 15.2. The summed E-state index contributed by atoms with van der Waals surface area (Å²) < 4.78 is 11.0. The van der Waals surface area contributed by atoms with Gasteiger partial charge in [0.15, 0.2) is 5.54 Å². The van der Waals surface area contributed by atoms with Gasteiger partial charge < -0.3 is 19.6 Å². The maximum absolute atomic E-state index is 12.5. The number of carbonyl (C=O) groups excluding carboxylic acids is 1. The van der Waals surface area contributed by atoms with Crippen LogP contribution < -0.4 is 10.1 Å². The van der Waals surface area contributed by atoms with Crippen LogP contribution >= 0.6 is 0 Å². The monoisotopic (exact) mass is 367 g/mol. The number of nitrogens with one attached hydrogen (secondary N) is 1. The van der Waals surface area contributed by atoms with Gasteiger partial charge in [-0.25, -0.2) is 4.79 Å². The van der Waals surface area contributed by atoms with Crippen molar-refractivity contribution in [2.75, 3.05) is 6.61 Å². The minimum Gasteiger partial charge on any atom is -0.491 e. The highest BCUT2D eigenvalue weighted by atomic mass is 16.5. The number of hydrogen-bond donors (Lipinski definition) is 2. The Labute approximate surface area is 156 Å². The Hall–Kier alpha value is -3.28. The summed E-state index contributed by atoms with van der Waals surface area (Å²) in [5.41, 5.74) is 0.915. The molecule has 1 unspecified atom stereocenters. The van der Waals surface area contributed by atoms with Gasteiger partial charge in [0.25, 0.3) is 0 Å². The van der Waals surface area contributed by atoms with Crippen molar-refractivity contribution in [1.29, 1.82) is 0 Å². The maximum atomic E-state index is 12.5. The van der Waals surface area contributed by atoms with Crippen LogP contribution in [0.15, 0.2) is 59.2 Å². The molecule has 1 aromatic heterocycles. The number of rotatable bonds is 7. The first-order valence-electron chi connectivity index (χ1n) is 8.56. The molecule has 1 amide bonds. The molecule has 6 heteroatoms. The van der Waals surface area contributed by atoms with E-state index in [2.05, 4.69) is 5.32 Å². The average Bonchev–Trinajstić information content (AvgIpc) is 3.02. The summed E-state index contributed by atoms with van der Waals surface area (Å²) in [4.78, 5) is 24.2. The number of para-hydroxylation sites is 1. The van der Waals surface area contributed by atoms with E-state index in [9.17, 15) is 14.7 Å². The van der Waals surface area contributed by atoms with Crippen molar-refractivity contribution < 1.29 is 23.8 Å². The fraction of sp³-hybridized carbons (Fsp3) is 0.238. The third-order valence-corrected chi connectivity index (χ3v) is 4.32. The second-order valence-corrected chi connectivity index (χ2v) is 6.72. The van der Waals surface area contributed by atoms with Crippen LogP contribution in [0.5, 0.6) is 5.75 Å². The molecule has 0 fully saturated rings. The Morgan fingerprint density at radius 3 is 2.63 bits per heavy atom. The van der Waals surface area contributed by atoms with E-state index in [1.807, 2.05) is 31.2 Å². The van der Waals surface area contributed by atoms with Gasteiger partial charge >= 0.3 is 5.97 Å². The summed E-state index contributed by atoms with van der Waals surface area (Å²) in [5, 5.41) is 13.0. The number of carboxylic acids is 1. The highest BCUT2D eigenvalue weighted by Gasteiger charge is 2.36. The van der Waals surface area contributed by atoms with Crippen molar-refractivity contribution in [2.24, 2.45) is 0 Å². The number of carbonyl (C=O) groups is 2. The third-order valence-electron chi connectivity index (χ3n) is 4.32. The molecule has 0 aliphatic heterocycles. The van der Waals surface area contributed by atoms with E-state index < -0.39 is 17.4 Å². The average molecular weight is 367 g/mol. The van der Waals surface area contributed by atoms with Crippen molar-refractivity contribution in [2.45, 2.75) is 25.8 Å². The van der Waals surface area contributed by atoms with Crippen LogP contribution in [0, 0.1) is 6.92 Å². The molecule has 2 aromatic carbocycles. The quantitative estimate of drug-likeness (QED) is 0.669. The molecule has 0 saturated carbocycles. The summed E-state index contributed by atoms with van der Waals surface area (Å²) >= 11 is 0. The molecule has 1 atom stereocenters. The van der Waals surface area contributed by atoms with Gasteiger partial charge in [-0.1, -0.05) is 30.3 Å². The Bertz CT molecular complexity index is 963. The first-order valence-corrected chi connectivity index (χ1v) is 8.56. The Kier molecular flexibility index (Phi) is 5.16. The largest absolute Gasteiger partial charge is 0.491 e. The predicted molar refractivity (Wildman–Crippen MR) is 101 cm³/mol. The number of aryl methyl sites for hydroxylation is 1. The number of aliphatic carboxylic acids is 1. The number of carboxylic acid groups (broad SMARTS) is 1. The number of ether oxygens (including phenoxy) is 1. The van der Waals surface area contributed by atoms with Crippen molar-refractivity contribution in [3.63, 3.8) is 0 Å². The molecule has 0 bridgehead atoms. The van der Waals surface area contributed by atoms with E-state index in [-0.39, 0.29) is 13.0 Å². The molecule has 6 nitrogen and oxygen atoms in total. The minimum absolute atomic E-state index is 0.0181. The number of fused-ring (bicyclic) bond motifs is 1. The van der Waals surface area contributed by atoms with E-state index >= 15 is 0 Å². The standard InChI is InChI=1S/C21H21NO5/c1-14-8-9-17-15(12-26-18(17)10-14)11-19(23)22-21(2,20(24)25)13-27-16-6-4-3-5-7-16/h3-10,12H,11,13H2,1-2H3,(H,22,23)(H,24,25). The summed E-state index contributed by atoms with van der Waals surface area (Å²) in [5.74, 6) is -1.05. The Morgan fingerprint density at radius 1 is 1.19 bits per heavy atom. The molecule has 27 heavy (non-hydrogen) atoms. The van der Waals surface area contributed by atoms with Crippen LogP contribution in [0.4, 0.5) is 0 Å². The second-order valence-electron chi connectivity index (χ2n) is 6.72. The lowest BCUT2D eigenvalue weighted by molar-refractivity contribution is -0.148. The van der Waals surface area contributed by atoms with Crippen LogP contribution in [0.1, 0.15) is 18.1 Å². The molecule has 3 aromatic rings. The SMILES string of the molecule is Cc1ccc2c(CC(=O)NC(C)(COc3ccccc3)C(=O)O)coc2c1. The lowest BCUT2D eigenvalue weighted by atomic mass is 10.0. The molecule has 0 spiro atoms. The van der Waals surface area contributed by atoms with Crippen molar-refractivity contribution in [1.82, 2.24) is 5.32 Å². The highest BCUT2D eigenvalue weighted by Crippen LogP contribution is 2.23. The molecule has 3 rings (SSSR count). The van der Waals surface area contributed by atoms with Gasteiger partial charge in [-0.05, 0) is 37.6 Å². The van der Waals surface area contributed by atoms with E-state index in [1.54, 1.807) is 24.3 Å². The molecule has 1 heterocycles. The lowest BCUT2D eigenvalue weighted by Crippen LogP contribution is -2.56. The summed E-state index contributed by atoms with van der Waals surface area (Å²) in [6, 6.07) is 14.6. The molecular weight excluding hydrogens is 346 g/mol. The van der Waals surface area contributed by atoms with Gasteiger partial charge in [-0.15, -0.1) is 0 Å². The van der Waals surface area contributed by atoms with Gasteiger partial charge in [0.05, 0.1) is 12.7 Å². The van der Waals surface area contributed by atoms with Gasteiger partial charge in [0, 0.05) is 10.9 Å². The normalized spacial score (nSPS) is 13.1. The zero-order chi connectivity index (χ0) is 19.4. The zero-order valence-corrected chi connectivity index (χ0v) is 15.2. The summed E-state index contributed by atoms with van der Waals surface area (Å²) in [7, 11) is 0. The topological polar surface area (TPSA) is 88.8 Å². The highest BCUT2D eigenvalue weighted by molar-refractivity contribution is 5.91. The number of hydrogen-bond acceptors (Lipinski definition) is 4. The predicted octanol–water partition coefficient (Wildman–Crippen LogP) is 3.32. The fourth-order valence-electron chi connectivity index (χ4n) is 2.75.